The Hall–Kier alpha value is -2.10. The third-order valence-electron chi connectivity index (χ3n) is 2.65. The van der Waals surface area contributed by atoms with Crippen LogP contribution in [-0.2, 0) is 11.2 Å². The minimum atomic E-state index is -0.860. The predicted octanol–water partition coefficient (Wildman–Crippen LogP) is 2.18. The number of methoxy groups -OCH3 is 1. The quantitative estimate of drug-likeness (QED) is 0.879. The molecule has 2 rings (SSSR count). The summed E-state index contributed by atoms with van der Waals surface area (Å²) in [5, 5.41) is 9.77. The van der Waals surface area contributed by atoms with Crippen molar-refractivity contribution in [1.82, 2.24) is 4.98 Å². The molecule has 0 aliphatic carbocycles. The van der Waals surface area contributed by atoms with Gasteiger partial charge in [-0.1, -0.05) is 18.2 Å². The van der Waals surface area contributed by atoms with Gasteiger partial charge in [0, 0.05) is 11.5 Å². The van der Waals surface area contributed by atoms with E-state index in [1.165, 1.54) is 7.11 Å². The van der Waals surface area contributed by atoms with Crippen LogP contribution in [-0.4, -0.2) is 23.2 Å². The van der Waals surface area contributed by atoms with Crippen molar-refractivity contribution < 1.29 is 14.6 Å². The minimum absolute atomic E-state index is 0.0289. The summed E-state index contributed by atoms with van der Waals surface area (Å²) in [6, 6.07) is 7.40. The maximum absolute atomic E-state index is 10.8. The lowest BCUT2D eigenvalue weighted by Crippen LogP contribution is -2.02. The maximum atomic E-state index is 10.8. The first kappa shape index (κ1) is 11.4. The van der Waals surface area contributed by atoms with Crippen molar-refractivity contribution in [3.8, 4) is 5.88 Å². The van der Waals surface area contributed by atoms with Crippen LogP contribution in [0.3, 0.4) is 0 Å². The fourth-order valence-electron chi connectivity index (χ4n) is 1.85. The summed E-state index contributed by atoms with van der Waals surface area (Å²) in [6.07, 6.45) is -0.0289. The molecule has 88 valence electrons. The van der Waals surface area contributed by atoms with Gasteiger partial charge in [-0.15, -0.1) is 0 Å². The number of benzene rings is 1. The molecule has 0 amide bonds. The van der Waals surface area contributed by atoms with Gasteiger partial charge in [-0.3, -0.25) is 4.79 Å². The van der Waals surface area contributed by atoms with Crippen molar-refractivity contribution in [2.24, 2.45) is 0 Å². The van der Waals surface area contributed by atoms with Gasteiger partial charge in [0.1, 0.15) is 0 Å². The Morgan fingerprint density at radius 2 is 2.24 bits per heavy atom. The smallest absolute Gasteiger partial charge is 0.307 e. The maximum Gasteiger partial charge on any atom is 0.307 e. The summed E-state index contributed by atoms with van der Waals surface area (Å²) in [7, 11) is 1.52. The van der Waals surface area contributed by atoms with Crippen molar-refractivity contribution in [1.29, 1.82) is 0 Å². The summed E-state index contributed by atoms with van der Waals surface area (Å²) in [6.45, 7) is 1.94. The highest BCUT2D eigenvalue weighted by atomic mass is 16.5. The van der Waals surface area contributed by atoms with Crippen molar-refractivity contribution in [3.05, 3.63) is 35.4 Å². The molecule has 0 bridgehead atoms. The molecule has 0 spiro atoms. The van der Waals surface area contributed by atoms with Gasteiger partial charge in [-0.05, 0) is 18.1 Å². The van der Waals surface area contributed by atoms with Crippen molar-refractivity contribution in [3.63, 3.8) is 0 Å². The molecular weight excluding hydrogens is 218 g/mol. The van der Waals surface area contributed by atoms with Gasteiger partial charge in [0.05, 0.1) is 19.0 Å². The van der Waals surface area contributed by atoms with Crippen LogP contribution in [0.1, 0.15) is 11.1 Å². The van der Waals surface area contributed by atoms with Crippen LogP contribution >= 0.6 is 0 Å². The summed E-state index contributed by atoms with van der Waals surface area (Å²) in [5.41, 5.74) is 2.53. The van der Waals surface area contributed by atoms with Gasteiger partial charge in [-0.25, -0.2) is 4.98 Å². The monoisotopic (exact) mass is 231 g/mol. The number of hydrogen-bond acceptors (Lipinski definition) is 3. The standard InChI is InChI=1S/C13H13NO3/c1-8-4-3-5-10-9(7-12(15)16)6-11(17-2)14-13(8)10/h3-6H,7H2,1-2H3,(H,15,16). The van der Waals surface area contributed by atoms with Crippen LogP contribution < -0.4 is 4.74 Å². The van der Waals surface area contributed by atoms with Gasteiger partial charge < -0.3 is 9.84 Å². The molecule has 4 nitrogen and oxygen atoms in total. The molecule has 1 heterocycles. The van der Waals surface area contributed by atoms with Crippen LogP contribution in [0.2, 0.25) is 0 Å². The number of aryl methyl sites for hydroxylation is 1. The largest absolute Gasteiger partial charge is 0.481 e. The number of hydrogen-bond donors (Lipinski definition) is 1. The first-order valence-corrected chi connectivity index (χ1v) is 5.27. The summed E-state index contributed by atoms with van der Waals surface area (Å²) >= 11 is 0. The zero-order chi connectivity index (χ0) is 12.4. The lowest BCUT2D eigenvalue weighted by molar-refractivity contribution is -0.136. The van der Waals surface area contributed by atoms with Gasteiger partial charge in [0.25, 0.3) is 0 Å². The lowest BCUT2D eigenvalue weighted by Gasteiger charge is -2.08. The number of para-hydroxylation sites is 1. The summed E-state index contributed by atoms with van der Waals surface area (Å²) in [5.74, 6) is -0.413. The molecule has 0 saturated carbocycles. The first-order chi connectivity index (χ1) is 8.11. The van der Waals surface area contributed by atoms with Crippen molar-refractivity contribution in [2.75, 3.05) is 7.11 Å². The third kappa shape index (κ3) is 2.20. The molecule has 0 atom stereocenters. The molecule has 0 unspecified atom stereocenters. The Balaban J connectivity index is 2.71. The van der Waals surface area contributed by atoms with Crippen LogP contribution in [0.15, 0.2) is 24.3 Å². The van der Waals surface area contributed by atoms with E-state index in [-0.39, 0.29) is 6.42 Å². The fraction of sp³-hybridized carbons (Fsp3) is 0.231. The zero-order valence-electron chi connectivity index (χ0n) is 9.73. The number of aromatic nitrogens is 1. The molecule has 0 aliphatic heterocycles. The van der Waals surface area contributed by atoms with E-state index in [1.54, 1.807) is 6.07 Å². The van der Waals surface area contributed by atoms with Crippen LogP contribution in [0.25, 0.3) is 10.9 Å². The molecule has 0 radical (unpaired) electrons. The SMILES string of the molecule is COc1cc(CC(=O)O)c2cccc(C)c2n1. The summed E-state index contributed by atoms with van der Waals surface area (Å²) in [4.78, 5) is 15.2. The molecule has 4 heteroatoms. The van der Waals surface area contributed by atoms with E-state index in [2.05, 4.69) is 4.98 Å². The molecule has 1 aromatic heterocycles. The van der Waals surface area contributed by atoms with E-state index in [0.717, 1.165) is 22.0 Å². The highest BCUT2D eigenvalue weighted by Crippen LogP contribution is 2.24. The minimum Gasteiger partial charge on any atom is -0.481 e. The highest BCUT2D eigenvalue weighted by Gasteiger charge is 2.10. The topological polar surface area (TPSA) is 59.4 Å². The normalized spacial score (nSPS) is 10.5. The molecule has 1 aromatic carbocycles. The number of pyridine rings is 1. The molecule has 0 aliphatic rings. The number of carboxylic acid groups (broad SMARTS) is 1. The molecule has 0 fully saturated rings. The number of ether oxygens (including phenoxy) is 1. The number of aliphatic carboxylic acids is 1. The molecule has 17 heavy (non-hydrogen) atoms. The zero-order valence-corrected chi connectivity index (χ0v) is 9.73. The predicted molar refractivity (Wildman–Crippen MR) is 64.4 cm³/mol. The average molecular weight is 231 g/mol. The second-order valence-electron chi connectivity index (χ2n) is 3.87. The van der Waals surface area contributed by atoms with Gasteiger partial charge in [-0.2, -0.15) is 0 Å². The highest BCUT2D eigenvalue weighted by molar-refractivity contribution is 5.88. The Morgan fingerprint density at radius 3 is 2.88 bits per heavy atom. The number of rotatable bonds is 3. The number of nitrogens with zero attached hydrogens (tertiary/aromatic N) is 1. The van der Waals surface area contributed by atoms with Gasteiger partial charge >= 0.3 is 5.97 Å². The molecule has 2 aromatic rings. The van der Waals surface area contributed by atoms with Crippen molar-refractivity contribution >= 4 is 16.9 Å². The lowest BCUT2D eigenvalue weighted by atomic mass is 10.0. The molecular formula is C13H13NO3. The summed E-state index contributed by atoms with van der Waals surface area (Å²) < 4.78 is 5.10. The number of carbonyl (C=O) groups is 1. The Bertz CT molecular complexity index is 578. The Kier molecular flexibility index (Phi) is 2.95. The van der Waals surface area contributed by atoms with E-state index in [9.17, 15) is 4.79 Å². The van der Waals surface area contributed by atoms with E-state index in [4.69, 9.17) is 9.84 Å². The molecule has 1 N–H and O–H groups in total. The third-order valence-corrected chi connectivity index (χ3v) is 2.65. The fourth-order valence-corrected chi connectivity index (χ4v) is 1.85. The average Bonchev–Trinajstić information content (AvgIpc) is 2.29. The van der Waals surface area contributed by atoms with Gasteiger partial charge in [0.2, 0.25) is 5.88 Å². The van der Waals surface area contributed by atoms with E-state index in [1.807, 2.05) is 25.1 Å². The Labute approximate surface area is 98.9 Å². The van der Waals surface area contributed by atoms with Crippen LogP contribution in [0, 0.1) is 6.92 Å². The van der Waals surface area contributed by atoms with Crippen LogP contribution in [0.4, 0.5) is 0 Å². The second-order valence-corrected chi connectivity index (χ2v) is 3.87. The first-order valence-electron chi connectivity index (χ1n) is 5.27. The van der Waals surface area contributed by atoms with Crippen LogP contribution in [0.5, 0.6) is 5.88 Å². The number of fused-ring (bicyclic) bond motifs is 1. The second kappa shape index (κ2) is 4.41. The molecule has 0 saturated heterocycles. The van der Waals surface area contributed by atoms with Gasteiger partial charge in [0.15, 0.2) is 0 Å². The Morgan fingerprint density at radius 1 is 1.47 bits per heavy atom. The number of carboxylic acids is 1. The van der Waals surface area contributed by atoms with E-state index < -0.39 is 5.97 Å². The van der Waals surface area contributed by atoms with Crippen molar-refractivity contribution in [2.45, 2.75) is 13.3 Å². The van der Waals surface area contributed by atoms with E-state index >= 15 is 0 Å². The van der Waals surface area contributed by atoms with E-state index in [0.29, 0.717) is 5.88 Å².